The van der Waals surface area contributed by atoms with Gasteiger partial charge < -0.3 is 10.8 Å². The van der Waals surface area contributed by atoms with Crippen LogP contribution in [0, 0.1) is 0 Å². The van der Waals surface area contributed by atoms with Gasteiger partial charge in [-0.15, -0.1) is 0 Å². The van der Waals surface area contributed by atoms with E-state index < -0.39 is 5.97 Å². The number of rotatable bonds is 2. The van der Waals surface area contributed by atoms with Gasteiger partial charge >= 0.3 is 5.97 Å². The number of carboxylic acid groups (broad SMARTS) is 1. The molecule has 0 spiro atoms. The Bertz CT molecular complexity index is 517. The number of hydrogen-bond donors (Lipinski definition) is 2. The molecule has 7 nitrogen and oxygen atoms in total. The average Bonchev–Trinajstić information content (AvgIpc) is 2.71. The van der Waals surface area contributed by atoms with E-state index >= 15 is 0 Å². The summed E-state index contributed by atoms with van der Waals surface area (Å²) in [4.78, 5) is 18.8. The zero-order chi connectivity index (χ0) is 11.0. The lowest BCUT2D eigenvalue weighted by Gasteiger charge is -1.96. The molecule has 0 aliphatic heterocycles. The Balaban J connectivity index is 2.62. The SMILES string of the molecule is Cn1ncnc1-c1nc(N)sc1C(=O)O. The van der Waals surface area contributed by atoms with E-state index in [2.05, 4.69) is 15.1 Å². The fourth-order valence-electron chi connectivity index (χ4n) is 1.14. The first-order chi connectivity index (χ1) is 7.09. The van der Waals surface area contributed by atoms with Crippen LogP contribution < -0.4 is 5.73 Å². The van der Waals surface area contributed by atoms with E-state index in [0.717, 1.165) is 11.3 Å². The molecule has 0 bridgehead atoms. The molecule has 0 aromatic carbocycles. The van der Waals surface area contributed by atoms with E-state index in [1.807, 2.05) is 0 Å². The Labute approximate surface area is 88.2 Å². The third-order valence-electron chi connectivity index (χ3n) is 1.76. The minimum atomic E-state index is -1.07. The van der Waals surface area contributed by atoms with Gasteiger partial charge in [0.05, 0.1) is 0 Å². The van der Waals surface area contributed by atoms with E-state index in [0.29, 0.717) is 5.82 Å². The monoisotopic (exact) mass is 225 g/mol. The van der Waals surface area contributed by atoms with Crippen molar-refractivity contribution in [1.82, 2.24) is 19.7 Å². The molecule has 78 valence electrons. The van der Waals surface area contributed by atoms with Gasteiger partial charge in [0, 0.05) is 7.05 Å². The van der Waals surface area contributed by atoms with Gasteiger partial charge in [0.2, 0.25) is 0 Å². The molecule has 0 unspecified atom stereocenters. The molecule has 2 aromatic rings. The Hall–Kier alpha value is -1.96. The zero-order valence-electron chi connectivity index (χ0n) is 7.71. The third-order valence-corrected chi connectivity index (χ3v) is 2.63. The maximum Gasteiger partial charge on any atom is 0.348 e. The second-order valence-corrected chi connectivity index (χ2v) is 3.77. The molecule has 0 fully saturated rings. The average molecular weight is 225 g/mol. The molecule has 0 aliphatic carbocycles. The van der Waals surface area contributed by atoms with E-state index in [4.69, 9.17) is 10.8 Å². The highest BCUT2D eigenvalue weighted by Crippen LogP contribution is 2.27. The largest absolute Gasteiger partial charge is 0.477 e. The van der Waals surface area contributed by atoms with Gasteiger partial charge in [0.1, 0.15) is 16.9 Å². The summed E-state index contributed by atoms with van der Waals surface area (Å²) in [5.41, 5.74) is 5.71. The number of thiazole rings is 1. The first-order valence-corrected chi connectivity index (χ1v) is 4.75. The zero-order valence-corrected chi connectivity index (χ0v) is 8.52. The predicted octanol–water partition coefficient (Wildman–Crippen LogP) is 0.219. The lowest BCUT2D eigenvalue weighted by Crippen LogP contribution is -2.00. The smallest absolute Gasteiger partial charge is 0.348 e. The van der Waals surface area contributed by atoms with Crippen LogP contribution in [0.3, 0.4) is 0 Å². The first kappa shape index (κ1) is 9.59. The maximum atomic E-state index is 10.9. The summed E-state index contributed by atoms with van der Waals surface area (Å²) in [6.07, 6.45) is 1.33. The fourth-order valence-corrected chi connectivity index (χ4v) is 1.81. The molecule has 0 amide bonds. The summed E-state index contributed by atoms with van der Waals surface area (Å²) in [5.74, 6) is -0.678. The molecule has 0 saturated carbocycles. The van der Waals surface area contributed by atoms with Gasteiger partial charge in [0.15, 0.2) is 11.0 Å². The summed E-state index contributed by atoms with van der Waals surface area (Å²) in [6.45, 7) is 0. The van der Waals surface area contributed by atoms with Crippen LogP contribution in [0.5, 0.6) is 0 Å². The Morgan fingerprint density at radius 1 is 1.67 bits per heavy atom. The first-order valence-electron chi connectivity index (χ1n) is 3.93. The topological polar surface area (TPSA) is 107 Å². The molecule has 0 saturated heterocycles. The van der Waals surface area contributed by atoms with Crippen molar-refractivity contribution in [2.45, 2.75) is 0 Å². The summed E-state index contributed by atoms with van der Waals surface area (Å²) in [5, 5.41) is 13.0. The molecule has 2 rings (SSSR count). The van der Waals surface area contributed by atoms with Gasteiger partial charge in [-0.1, -0.05) is 11.3 Å². The van der Waals surface area contributed by atoms with Crippen molar-refractivity contribution in [2.24, 2.45) is 7.05 Å². The van der Waals surface area contributed by atoms with Gasteiger partial charge in [-0.25, -0.2) is 19.4 Å². The van der Waals surface area contributed by atoms with Crippen LogP contribution in [0.15, 0.2) is 6.33 Å². The van der Waals surface area contributed by atoms with Gasteiger partial charge in [0.25, 0.3) is 0 Å². The standard InChI is InChI=1S/C7H7N5O2S/c1-12-5(9-2-10-12)3-4(6(13)14)15-7(8)11-3/h2H,1H3,(H2,8,11)(H,13,14). The van der Waals surface area contributed by atoms with E-state index in [9.17, 15) is 4.79 Å². The second kappa shape index (κ2) is 3.31. The summed E-state index contributed by atoms with van der Waals surface area (Å²) < 4.78 is 1.45. The van der Waals surface area contributed by atoms with Gasteiger partial charge in [-0.2, -0.15) is 5.10 Å². The van der Waals surface area contributed by atoms with Crippen LogP contribution in [-0.4, -0.2) is 30.8 Å². The molecule has 3 N–H and O–H groups in total. The molecule has 8 heteroatoms. The van der Waals surface area contributed by atoms with Crippen LogP contribution in [0.1, 0.15) is 9.67 Å². The van der Waals surface area contributed by atoms with Crippen molar-refractivity contribution in [3.05, 3.63) is 11.2 Å². The van der Waals surface area contributed by atoms with Crippen LogP contribution in [0.4, 0.5) is 5.13 Å². The van der Waals surface area contributed by atoms with E-state index in [1.54, 1.807) is 7.05 Å². The number of nitrogen functional groups attached to an aromatic ring is 1. The number of aryl methyl sites for hydroxylation is 1. The number of carbonyl (C=O) groups is 1. The molecule has 2 heterocycles. The Morgan fingerprint density at radius 3 is 2.93 bits per heavy atom. The van der Waals surface area contributed by atoms with Gasteiger partial charge in [-0.05, 0) is 0 Å². The summed E-state index contributed by atoms with van der Waals surface area (Å²) >= 11 is 0.915. The highest BCUT2D eigenvalue weighted by atomic mass is 32.1. The van der Waals surface area contributed by atoms with Crippen molar-refractivity contribution in [3.8, 4) is 11.5 Å². The quantitative estimate of drug-likeness (QED) is 0.757. The molecule has 15 heavy (non-hydrogen) atoms. The second-order valence-electron chi connectivity index (χ2n) is 2.74. The Kier molecular flexibility index (Phi) is 2.12. The maximum absolute atomic E-state index is 10.9. The summed E-state index contributed by atoms with van der Waals surface area (Å²) in [6, 6.07) is 0. The van der Waals surface area contributed by atoms with Crippen molar-refractivity contribution in [2.75, 3.05) is 5.73 Å². The van der Waals surface area contributed by atoms with E-state index in [1.165, 1.54) is 11.0 Å². The fraction of sp³-hybridized carbons (Fsp3) is 0.143. The molecule has 0 atom stereocenters. The van der Waals surface area contributed by atoms with Crippen LogP contribution in [0.25, 0.3) is 11.5 Å². The molecular formula is C7H7N5O2S. The van der Waals surface area contributed by atoms with E-state index in [-0.39, 0.29) is 15.7 Å². The normalized spacial score (nSPS) is 10.5. The Morgan fingerprint density at radius 2 is 2.40 bits per heavy atom. The van der Waals surface area contributed by atoms with Crippen molar-refractivity contribution >= 4 is 22.4 Å². The van der Waals surface area contributed by atoms with Crippen LogP contribution >= 0.6 is 11.3 Å². The van der Waals surface area contributed by atoms with Crippen molar-refractivity contribution in [3.63, 3.8) is 0 Å². The highest BCUT2D eigenvalue weighted by molar-refractivity contribution is 7.17. The third kappa shape index (κ3) is 1.54. The highest BCUT2D eigenvalue weighted by Gasteiger charge is 2.20. The predicted molar refractivity (Wildman–Crippen MR) is 53.5 cm³/mol. The molecule has 0 aliphatic rings. The van der Waals surface area contributed by atoms with Crippen LogP contribution in [-0.2, 0) is 7.05 Å². The minimum absolute atomic E-state index is 0.0728. The number of aromatic carboxylic acids is 1. The minimum Gasteiger partial charge on any atom is -0.477 e. The number of carboxylic acids is 1. The summed E-state index contributed by atoms with van der Waals surface area (Å²) in [7, 11) is 1.66. The lowest BCUT2D eigenvalue weighted by molar-refractivity contribution is 0.0702. The van der Waals surface area contributed by atoms with Gasteiger partial charge in [-0.3, -0.25) is 0 Å². The number of nitrogens with two attached hydrogens (primary N) is 1. The number of anilines is 1. The molecule has 2 aromatic heterocycles. The number of aromatic nitrogens is 4. The number of nitrogens with zero attached hydrogens (tertiary/aromatic N) is 4. The van der Waals surface area contributed by atoms with Crippen molar-refractivity contribution < 1.29 is 9.90 Å². The lowest BCUT2D eigenvalue weighted by atomic mass is 10.3. The van der Waals surface area contributed by atoms with Crippen molar-refractivity contribution in [1.29, 1.82) is 0 Å². The van der Waals surface area contributed by atoms with Crippen LogP contribution in [0.2, 0.25) is 0 Å². The molecular weight excluding hydrogens is 218 g/mol. The number of hydrogen-bond acceptors (Lipinski definition) is 6. The molecule has 0 radical (unpaired) electrons.